The van der Waals surface area contributed by atoms with Gasteiger partial charge in [0.1, 0.15) is 6.10 Å². The molecule has 1 atom stereocenters. The number of hydrogen-bond acceptors (Lipinski definition) is 4. The topological polar surface area (TPSA) is 61.8 Å². The summed E-state index contributed by atoms with van der Waals surface area (Å²) < 4.78 is 4.99. The molecule has 2 rings (SSSR count). The van der Waals surface area contributed by atoms with Crippen molar-refractivity contribution in [1.29, 1.82) is 0 Å². The second-order valence-corrected chi connectivity index (χ2v) is 4.29. The number of piperidine rings is 1. The van der Waals surface area contributed by atoms with Crippen LogP contribution in [0.4, 0.5) is 4.79 Å². The average Bonchev–Trinajstić information content (AvgIpc) is 2.61. The smallest absolute Gasteiger partial charge is 0.410 e. The molecule has 2 heterocycles. The van der Waals surface area contributed by atoms with Gasteiger partial charge >= 0.3 is 6.09 Å². The normalized spacial score (nSPS) is 28.2. The molecule has 2 aliphatic heterocycles. The Morgan fingerprint density at radius 2 is 2.20 bits per heavy atom. The Morgan fingerprint density at radius 3 is 2.80 bits per heavy atom. The van der Waals surface area contributed by atoms with E-state index in [-0.39, 0.29) is 18.8 Å². The summed E-state index contributed by atoms with van der Waals surface area (Å²) in [7, 11) is 0. The van der Waals surface area contributed by atoms with Crippen molar-refractivity contribution < 1.29 is 14.6 Å². The Kier molecular flexibility index (Phi) is 3.43. The fourth-order valence-electron chi connectivity index (χ4n) is 2.19. The molecule has 2 N–H and O–H groups in total. The highest BCUT2D eigenvalue weighted by Gasteiger charge is 2.32. The number of aliphatic hydroxyl groups is 1. The molecule has 0 saturated carbocycles. The Labute approximate surface area is 89.4 Å². The minimum absolute atomic E-state index is 0.0749. The molecule has 0 aromatic heterocycles. The van der Waals surface area contributed by atoms with Crippen LogP contribution < -0.4 is 5.32 Å². The minimum atomic E-state index is -0.320. The van der Waals surface area contributed by atoms with Gasteiger partial charge in [-0.05, 0) is 31.8 Å². The first-order valence-corrected chi connectivity index (χ1v) is 5.56. The number of ether oxygens (including phenoxy) is 1. The van der Waals surface area contributed by atoms with E-state index in [1.165, 1.54) is 0 Å². The number of carbonyl (C=O) groups excluding carboxylic acids is 1. The third kappa shape index (κ3) is 2.60. The van der Waals surface area contributed by atoms with Gasteiger partial charge in [-0.1, -0.05) is 0 Å². The van der Waals surface area contributed by atoms with Crippen LogP contribution in [-0.2, 0) is 4.74 Å². The lowest BCUT2D eigenvalue weighted by atomic mass is 9.98. The summed E-state index contributed by atoms with van der Waals surface area (Å²) in [4.78, 5) is 13.1. The molecule has 1 amide bonds. The fourth-order valence-corrected chi connectivity index (χ4v) is 2.19. The molecule has 2 aliphatic rings. The number of nitrogens with one attached hydrogen (secondary N) is 1. The van der Waals surface area contributed by atoms with E-state index in [1.54, 1.807) is 4.90 Å². The number of carbonyl (C=O) groups is 1. The molecule has 15 heavy (non-hydrogen) atoms. The predicted molar refractivity (Wildman–Crippen MR) is 54.5 cm³/mol. The molecule has 2 saturated heterocycles. The van der Waals surface area contributed by atoms with E-state index in [0.717, 1.165) is 32.5 Å². The molecule has 2 fully saturated rings. The van der Waals surface area contributed by atoms with Gasteiger partial charge in [-0.3, -0.25) is 0 Å². The van der Waals surface area contributed by atoms with Crippen LogP contribution >= 0.6 is 0 Å². The Hall–Kier alpha value is -0.810. The zero-order valence-corrected chi connectivity index (χ0v) is 8.82. The number of cyclic esters (lactones) is 1. The number of aliphatic hydroxyl groups excluding tert-OH is 1. The molecule has 0 aromatic rings. The second-order valence-electron chi connectivity index (χ2n) is 4.29. The summed E-state index contributed by atoms with van der Waals surface area (Å²) >= 11 is 0. The first kappa shape index (κ1) is 10.7. The van der Waals surface area contributed by atoms with Gasteiger partial charge in [0.05, 0.1) is 13.2 Å². The van der Waals surface area contributed by atoms with Crippen LogP contribution in [0.5, 0.6) is 0 Å². The van der Waals surface area contributed by atoms with E-state index in [9.17, 15) is 4.79 Å². The molecule has 0 aromatic carbocycles. The summed E-state index contributed by atoms with van der Waals surface area (Å²) in [6.07, 6.45) is 1.65. The molecular weight excluding hydrogens is 196 g/mol. The van der Waals surface area contributed by atoms with Crippen molar-refractivity contribution in [2.45, 2.75) is 18.9 Å². The summed E-state index contributed by atoms with van der Waals surface area (Å²) in [5, 5.41) is 12.2. The maximum atomic E-state index is 11.4. The molecule has 0 radical (unpaired) electrons. The molecule has 0 aliphatic carbocycles. The van der Waals surface area contributed by atoms with Crippen molar-refractivity contribution in [3.05, 3.63) is 0 Å². The van der Waals surface area contributed by atoms with Gasteiger partial charge in [0.25, 0.3) is 0 Å². The van der Waals surface area contributed by atoms with Gasteiger partial charge in [-0.15, -0.1) is 0 Å². The van der Waals surface area contributed by atoms with Crippen LogP contribution in [0, 0.1) is 5.92 Å². The van der Waals surface area contributed by atoms with E-state index in [1.807, 2.05) is 0 Å². The van der Waals surface area contributed by atoms with Crippen molar-refractivity contribution in [3.63, 3.8) is 0 Å². The third-order valence-corrected chi connectivity index (χ3v) is 3.09. The number of hydrogen-bond donors (Lipinski definition) is 2. The number of nitrogens with zero attached hydrogens (tertiary/aromatic N) is 1. The number of rotatable bonds is 3. The van der Waals surface area contributed by atoms with Crippen molar-refractivity contribution in [1.82, 2.24) is 10.2 Å². The van der Waals surface area contributed by atoms with E-state index >= 15 is 0 Å². The standard InChI is InChI=1S/C10H18N2O3/c13-7-9-6-12(10(14)15-9)5-8-1-3-11-4-2-8/h8-9,11,13H,1-7H2/t9-/m1/s1. The summed E-state index contributed by atoms with van der Waals surface area (Å²) in [6, 6.07) is 0. The molecule has 86 valence electrons. The zero-order valence-electron chi connectivity index (χ0n) is 8.82. The lowest BCUT2D eigenvalue weighted by Gasteiger charge is -2.25. The molecular formula is C10H18N2O3. The Bertz CT molecular complexity index is 229. The number of amides is 1. The summed E-state index contributed by atoms with van der Waals surface area (Å²) in [5.41, 5.74) is 0. The maximum Gasteiger partial charge on any atom is 0.410 e. The first-order valence-electron chi connectivity index (χ1n) is 5.56. The van der Waals surface area contributed by atoms with Crippen molar-refractivity contribution in [2.75, 3.05) is 32.8 Å². The van der Waals surface area contributed by atoms with Gasteiger partial charge in [-0.2, -0.15) is 0 Å². The van der Waals surface area contributed by atoms with Crippen molar-refractivity contribution in [3.8, 4) is 0 Å². The lowest BCUT2D eigenvalue weighted by Crippen LogP contribution is -2.37. The van der Waals surface area contributed by atoms with Crippen molar-refractivity contribution in [2.24, 2.45) is 5.92 Å². The van der Waals surface area contributed by atoms with Crippen LogP contribution in [0.2, 0.25) is 0 Å². The highest BCUT2D eigenvalue weighted by atomic mass is 16.6. The highest BCUT2D eigenvalue weighted by molar-refractivity contribution is 5.69. The molecule has 5 nitrogen and oxygen atoms in total. The Morgan fingerprint density at radius 1 is 1.47 bits per heavy atom. The van der Waals surface area contributed by atoms with E-state index in [0.29, 0.717) is 12.5 Å². The second kappa shape index (κ2) is 4.81. The van der Waals surface area contributed by atoms with Crippen LogP contribution in [0.15, 0.2) is 0 Å². The quantitative estimate of drug-likeness (QED) is 0.683. The van der Waals surface area contributed by atoms with E-state index < -0.39 is 0 Å². The van der Waals surface area contributed by atoms with E-state index in [4.69, 9.17) is 9.84 Å². The third-order valence-electron chi connectivity index (χ3n) is 3.09. The zero-order chi connectivity index (χ0) is 10.7. The average molecular weight is 214 g/mol. The van der Waals surface area contributed by atoms with Gasteiger partial charge in [0, 0.05) is 6.54 Å². The summed E-state index contributed by atoms with van der Waals surface area (Å²) in [6.45, 7) is 3.32. The van der Waals surface area contributed by atoms with Crippen molar-refractivity contribution >= 4 is 6.09 Å². The van der Waals surface area contributed by atoms with Gasteiger partial charge in [0.15, 0.2) is 0 Å². The monoisotopic (exact) mass is 214 g/mol. The highest BCUT2D eigenvalue weighted by Crippen LogP contribution is 2.18. The molecule has 0 bridgehead atoms. The van der Waals surface area contributed by atoms with Gasteiger partial charge in [0.2, 0.25) is 0 Å². The fraction of sp³-hybridized carbons (Fsp3) is 0.900. The molecule has 0 spiro atoms. The Balaban J connectivity index is 1.81. The first-order chi connectivity index (χ1) is 7.29. The lowest BCUT2D eigenvalue weighted by molar-refractivity contribution is 0.0944. The largest absolute Gasteiger partial charge is 0.442 e. The minimum Gasteiger partial charge on any atom is -0.442 e. The maximum absolute atomic E-state index is 11.4. The molecule has 0 unspecified atom stereocenters. The van der Waals surface area contributed by atoms with E-state index in [2.05, 4.69) is 5.32 Å². The van der Waals surface area contributed by atoms with Crippen LogP contribution in [0.25, 0.3) is 0 Å². The molecule has 5 heteroatoms. The summed E-state index contributed by atoms with van der Waals surface area (Å²) in [5.74, 6) is 0.580. The van der Waals surface area contributed by atoms with Crippen LogP contribution in [0.1, 0.15) is 12.8 Å². The van der Waals surface area contributed by atoms with Gasteiger partial charge in [-0.25, -0.2) is 4.79 Å². The van der Waals surface area contributed by atoms with Gasteiger partial charge < -0.3 is 20.1 Å². The van der Waals surface area contributed by atoms with Crippen LogP contribution in [0.3, 0.4) is 0 Å². The SMILES string of the molecule is O=C1O[C@@H](CO)CN1CC1CCNCC1. The predicted octanol–water partition coefficient (Wildman–Crippen LogP) is -0.201. The van der Waals surface area contributed by atoms with Crippen LogP contribution in [-0.4, -0.2) is 55.0 Å².